The first-order valence-electron chi connectivity index (χ1n) is 7.01. The lowest BCUT2D eigenvalue weighted by Crippen LogP contribution is -2.08. The molecule has 0 aromatic heterocycles. The first-order valence-corrected chi connectivity index (χ1v) is 7.01. The van der Waals surface area contributed by atoms with Gasteiger partial charge in [0.05, 0.1) is 5.56 Å². The lowest BCUT2D eigenvalue weighted by atomic mass is 10.0. The molecule has 0 N–H and O–H groups in total. The molecule has 0 aliphatic carbocycles. The summed E-state index contributed by atoms with van der Waals surface area (Å²) >= 11 is 0. The molecule has 2 nitrogen and oxygen atoms in total. The van der Waals surface area contributed by atoms with Crippen LogP contribution >= 0.6 is 0 Å². The molecule has 0 amide bonds. The van der Waals surface area contributed by atoms with Crippen LogP contribution in [-0.4, -0.2) is 5.97 Å². The van der Waals surface area contributed by atoms with Gasteiger partial charge >= 0.3 is 5.97 Å². The van der Waals surface area contributed by atoms with Gasteiger partial charge in [-0.25, -0.2) is 4.79 Å². The van der Waals surface area contributed by atoms with Crippen molar-refractivity contribution in [2.75, 3.05) is 0 Å². The Hall–Kier alpha value is -2.09. The van der Waals surface area contributed by atoms with Crippen molar-refractivity contribution in [2.45, 2.75) is 33.1 Å². The standard InChI is InChI=1S/C18H20O2/c1-4-14-5-11-17(12-6-14)20-18(19)16-9-7-15(8-10-16)13(2)3/h5-13H,4H2,1-3H3. The van der Waals surface area contributed by atoms with E-state index >= 15 is 0 Å². The molecular weight excluding hydrogens is 248 g/mol. The zero-order valence-electron chi connectivity index (χ0n) is 12.2. The summed E-state index contributed by atoms with van der Waals surface area (Å²) in [7, 11) is 0. The van der Waals surface area contributed by atoms with Gasteiger partial charge < -0.3 is 4.74 Å². The molecule has 2 rings (SSSR count). The zero-order valence-corrected chi connectivity index (χ0v) is 12.2. The van der Waals surface area contributed by atoms with Crippen molar-refractivity contribution in [2.24, 2.45) is 0 Å². The van der Waals surface area contributed by atoms with Crippen molar-refractivity contribution in [3.63, 3.8) is 0 Å². The minimum Gasteiger partial charge on any atom is -0.423 e. The number of hydrogen-bond donors (Lipinski definition) is 0. The Morgan fingerprint density at radius 3 is 2.10 bits per heavy atom. The Morgan fingerprint density at radius 1 is 1.00 bits per heavy atom. The van der Waals surface area contributed by atoms with Gasteiger partial charge in [0.2, 0.25) is 0 Å². The molecule has 104 valence electrons. The predicted octanol–water partition coefficient (Wildman–Crippen LogP) is 4.59. The van der Waals surface area contributed by atoms with Crippen molar-refractivity contribution in [3.05, 3.63) is 65.2 Å². The van der Waals surface area contributed by atoms with E-state index in [1.807, 2.05) is 48.5 Å². The Bertz CT molecular complexity index is 565. The van der Waals surface area contributed by atoms with E-state index in [1.54, 1.807) is 0 Å². The molecule has 0 saturated carbocycles. The quantitative estimate of drug-likeness (QED) is 0.598. The van der Waals surface area contributed by atoms with Gasteiger partial charge in [0.15, 0.2) is 0 Å². The normalized spacial score (nSPS) is 10.6. The number of rotatable bonds is 4. The molecule has 0 spiro atoms. The summed E-state index contributed by atoms with van der Waals surface area (Å²) in [5.41, 5.74) is 3.02. The van der Waals surface area contributed by atoms with Crippen LogP contribution in [0, 0.1) is 0 Å². The van der Waals surface area contributed by atoms with Crippen LogP contribution in [0.4, 0.5) is 0 Å². The van der Waals surface area contributed by atoms with Gasteiger partial charge in [0.1, 0.15) is 5.75 Å². The molecule has 0 fully saturated rings. The molecule has 2 heteroatoms. The van der Waals surface area contributed by atoms with E-state index < -0.39 is 0 Å². The fourth-order valence-corrected chi connectivity index (χ4v) is 1.96. The highest BCUT2D eigenvalue weighted by atomic mass is 16.5. The van der Waals surface area contributed by atoms with Gasteiger partial charge in [0.25, 0.3) is 0 Å². The fraction of sp³-hybridized carbons (Fsp3) is 0.278. The first-order chi connectivity index (χ1) is 9.60. The third-order valence-corrected chi connectivity index (χ3v) is 3.36. The number of carbonyl (C=O) groups excluding carboxylic acids is 1. The molecule has 0 heterocycles. The number of benzene rings is 2. The smallest absolute Gasteiger partial charge is 0.343 e. The summed E-state index contributed by atoms with van der Waals surface area (Å²) in [6, 6.07) is 15.2. The average molecular weight is 268 g/mol. The van der Waals surface area contributed by atoms with Crippen LogP contribution in [0.3, 0.4) is 0 Å². The second-order valence-corrected chi connectivity index (χ2v) is 5.16. The second-order valence-electron chi connectivity index (χ2n) is 5.16. The molecule has 2 aromatic carbocycles. The first kappa shape index (κ1) is 14.3. The number of carbonyl (C=O) groups is 1. The highest BCUT2D eigenvalue weighted by Gasteiger charge is 2.09. The molecule has 0 unspecified atom stereocenters. The van der Waals surface area contributed by atoms with E-state index in [2.05, 4.69) is 20.8 Å². The molecular formula is C18H20O2. The number of ether oxygens (including phenoxy) is 1. The minimum absolute atomic E-state index is 0.315. The van der Waals surface area contributed by atoms with E-state index in [1.165, 1.54) is 11.1 Å². The van der Waals surface area contributed by atoms with Crippen molar-refractivity contribution < 1.29 is 9.53 Å². The summed E-state index contributed by atoms with van der Waals surface area (Å²) in [6.07, 6.45) is 0.977. The van der Waals surface area contributed by atoms with Gasteiger partial charge in [0, 0.05) is 0 Å². The average Bonchev–Trinajstić information content (AvgIpc) is 2.48. The topological polar surface area (TPSA) is 26.3 Å². The molecule has 20 heavy (non-hydrogen) atoms. The second kappa shape index (κ2) is 6.38. The highest BCUT2D eigenvalue weighted by molar-refractivity contribution is 5.91. The monoisotopic (exact) mass is 268 g/mol. The van der Waals surface area contributed by atoms with Gasteiger partial charge in [-0.05, 0) is 47.7 Å². The minimum atomic E-state index is -0.315. The van der Waals surface area contributed by atoms with Crippen LogP contribution in [0.5, 0.6) is 5.75 Å². The van der Waals surface area contributed by atoms with Crippen LogP contribution in [0.2, 0.25) is 0 Å². The third kappa shape index (κ3) is 3.47. The van der Waals surface area contributed by atoms with Crippen molar-refractivity contribution in [1.29, 1.82) is 0 Å². The van der Waals surface area contributed by atoms with Gasteiger partial charge in [-0.15, -0.1) is 0 Å². The van der Waals surface area contributed by atoms with Crippen LogP contribution in [-0.2, 0) is 6.42 Å². The van der Waals surface area contributed by atoms with E-state index in [9.17, 15) is 4.79 Å². The fourth-order valence-electron chi connectivity index (χ4n) is 1.96. The summed E-state index contributed by atoms with van der Waals surface area (Å²) < 4.78 is 5.36. The maximum absolute atomic E-state index is 12.0. The van der Waals surface area contributed by atoms with E-state index in [-0.39, 0.29) is 5.97 Å². The lowest BCUT2D eigenvalue weighted by molar-refractivity contribution is 0.0734. The van der Waals surface area contributed by atoms with Gasteiger partial charge in [-0.2, -0.15) is 0 Å². The molecule has 0 atom stereocenters. The molecule has 0 aliphatic heterocycles. The zero-order chi connectivity index (χ0) is 14.5. The summed E-state index contributed by atoms with van der Waals surface area (Å²) in [6.45, 7) is 6.35. The summed E-state index contributed by atoms with van der Waals surface area (Å²) in [5, 5.41) is 0. The molecule has 0 radical (unpaired) electrons. The maximum atomic E-state index is 12.0. The number of esters is 1. The van der Waals surface area contributed by atoms with Crippen molar-refractivity contribution in [3.8, 4) is 5.75 Å². The predicted molar refractivity (Wildman–Crippen MR) is 81.3 cm³/mol. The van der Waals surface area contributed by atoms with Crippen LogP contribution in [0.15, 0.2) is 48.5 Å². The largest absolute Gasteiger partial charge is 0.423 e. The van der Waals surface area contributed by atoms with Crippen LogP contribution in [0.1, 0.15) is 48.2 Å². The summed E-state index contributed by atoms with van der Waals surface area (Å²) in [4.78, 5) is 12.0. The molecule has 2 aromatic rings. The molecule has 0 bridgehead atoms. The highest BCUT2D eigenvalue weighted by Crippen LogP contribution is 2.17. The van der Waals surface area contributed by atoms with Crippen molar-refractivity contribution in [1.82, 2.24) is 0 Å². The van der Waals surface area contributed by atoms with Crippen LogP contribution in [0.25, 0.3) is 0 Å². The van der Waals surface area contributed by atoms with E-state index in [0.29, 0.717) is 17.2 Å². The van der Waals surface area contributed by atoms with Gasteiger partial charge in [-0.3, -0.25) is 0 Å². The Labute approximate surface area is 120 Å². The maximum Gasteiger partial charge on any atom is 0.343 e. The van der Waals surface area contributed by atoms with Crippen LogP contribution < -0.4 is 4.74 Å². The summed E-state index contributed by atoms with van der Waals surface area (Å²) in [5.74, 6) is 0.728. The van der Waals surface area contributed by atoms with Gasteiger partial charge in [-0.1, -0.05) is 45.0 Å². The van der Waals surface area contributed by atoms with E-state index in [0.717, 1.165) is 6.42 Å². The Morgan fingerprint density at radius 2 is 1.60 bits per heavy atom. The molecule has 0 aliphatic rings. The number of hydrogen-bond acceptors (Lipinski definition) is 2. The Balaban J connectivity index is 2.07. The molecule has 0 saturated heterocycles. The lowest BCUT2D eigenvalue weighted by Gasteiger charge is -2.07. The number of aryl methyl sites for hydroxylation is 1. The Kier molecular flexibility index (Phi) is 4.57. The van der Waals surface area contributed by atoms with E-state index in [4.69, 9.17) is 4.74 Å². The third-order valence-electron chi connectivity index (χ3n) is 3.36. The van der Waals surface area contributed by atoms with Crippen molar-refractivity contribution >= 4 is 5.97 Å². The SMILES string of the molecule is CCc1ccc(OC(=O)c2ccc(C(C)C)cc2)cc1.